The topological polar surface area (TPSA) is 63.7 Å². The second-order valence-electron chi connectivity index (χ2n) is 7.64. The highest BCUT2D eigenvalue weighted by molar-refractivity contribution is 7.16. The lowest BCUT2D eigenvalue weighted by Gasteiger charge is -2.25. The molecule has 0 saturated carbocycles. The quantitative estimate of drug-likeness (QED) is 0.804. The molecule has 4 rings (SSSR count). The molecule has 1 fully saturated rings. The second-order valence-corrected chi connectivity index (χ2v) is 8.65. The van der Waals surface area contributed by atoms with Gasteiger partial charge >= 0.3 is 0 Å². The van der Waals surface area contributed by atoms with E-state index >= 15 is 0 Å². The fourth-order valence-electron chi connectivity index (χ4n) is 3.85. The number of aromatic nitrogens is 1. The fourth-order valence-corrected chi connectivity index (χ4v) is 5.05. The summed E-state index contributed by atoms with van der Waals surface area (Å²) >= 11 is 1.70. The number of rotatable bonds is 5. The number of hydrogen-bond donors (Lipinski definition) is 1. The predicted octanol–water partition coefficient (Wildman–Crippen LogP) is 4.40. The number of benzene rings is 1. The number of methoxy groups -OCH3 is 1. The highest BCUT2D eigenvalue weighted by Gasteiger charge is 2.32. The standard InChI is InChI=1S/C21H27N3O3S/c1-13(2)27-17-11-14(7-8-16(17)26-3)15-12-18(25)22-20-19(15)28-21(23-20)24-9-5-4-6-10-24/h7-8,11,13,15H,4-6,9-10,12H2,1-3H3,(H,22,25)/t15-/m1/s1. The highest BCUT2D eigenvalue weighted by atomic mass is 32.1. The summed E-state index contributed by atoms with van der Waals surface area (Å²) in [6.07, 6.45) is 4.15. The normalized spacial score (nSPS) is 19.4. The molecular formula is C21H27N3O3S. The number of hydrogen-bond acceptors (Lipinski definition) is 6. The van der Waals surface area contributed by atoms with Crippen LogP contribution < -0.4 is 19.7 Å². The Morgan fingerprint density at radius 3 is 2.71 bits per heavy atom. The van der Waals surface area contributed by atoms with Gasteiger partial charge in [0.05, 0.1) is 18.1 Å². The van der Waals surface area contributed by atoms with Crippen LogP contribution in [-0.2, 0) is 4.79 Å². The summed E-state index contributed by atoms with van der Waals surface area (Å²) in [5.41, 5.74) is 1.06. The van der Waals surface area contributed by atoms with E-state index in [1.807, 2.05) is 32.0 Å². The molecule has 2 aromatic rings. The number of ether oxygens (including phenoxy) is 2. The lowest BCUT2D eigenvalue weighted by Crippen LogP contribution is -2.29. The zero-order chi connectivity index (χ0) is 19.7. The lowest BCUT2D eigenvalue weighted by molar-refractivity contribution is -0.116. The predicted molar refractivity (Wildman–Crippen MR) is 112 cm³/mol. The van der Waals surface area contributed by atoms with Crippen molar-refractivity contribution in [2.24, 2.45) is 0 Å². The largest absolute Gasteiger partial charge is 0.493 e. The maximum Gasteiger partial charge on any atom is 0.226 e. The van der Waals surface area contributed by atoms with Gasteiger partial charge < -0.3 is 19.7 Å². The molecule has 6 nitrogen and oxygen atoms in total. The maximum absolute atomic E-state index is 12.4. The van der Waals surface area contributed by atoms with Crippen LogP contribution in [0.1, 0.15) is 55.9 Å². The monoisotopic (exact) mass is 401 g/mol. The van der Waals surface area contributed by atoms with Gasteiger partial charge in [-0.15, -0.1) is 0 Å². The third kappa shape index (κ3) is 3.81. The van der Waals surface area contributed by atoms with Gasteiger partial charge in [-0.25, -0.2) is 4.98 Å². The number of fused-ring (bicyclic) bond motifs is 1. The van der Waals surface area contributed by atoms with Crippen molar-refractivity contribution in [1.29, 1.82) is 0 Å². The third-order valence-corrected chi connectivity index (χ3v) is 6.42. The molecule has 0 aliphatic carbocycles. The van der Waals surface area contributed by atoms with Gasteiger partial charge in [-0.2, -0.15) is 0 Å². The zero-order valence-electron chi connectivity index (χ0n) is 16.7. The molecule has 28 heavy (non-hydrogen) atoms. The van der Waals surface area contributed by atoms with E-state index in [1.54, 1.807) is 18.4 Å². The summed E-state index contributed by atoms with van der Waals surface area (Å²) in [6.45, 7) is 6.07. The van der Waals surface area contributed by atoms with E-state index in [4.69, 9.17) is 14.5 Å². The van der Waals surface area contributed by atoms with Crippen LogP contribution in [0.5, 0.6) is 11.5 Å². The van der Waals surface area contributed by atoms with Crippen LogP contribution >= 0.6 is 11.3 Å². The molecule has 0 radical (unpaired) electrons. The van der Waals surface area contributed by atoms with Crippen LogP contribution in [0.15, 0.2) is 18.2 Å². The number of carbonyl (C=O) groups is 1. The molecule has 1 aromatic carbocycles. The minimum atomic E-state index is -0.0137. The Morgan fingerprint density at radius 2 is 2.00 bits per heavy atom. The maximum atomic E-state index is 12.4. The van der Waals surface area contributed by atoms with E-state index in [-0.39, 0.29) is 17.9 Å². The van der Waals surface area contributed by atoms with Crippen molar-refractivity contribution in [3.05, 3.63) is 28.6 Å². The van der Waals surface area contributed by atoms with E-state index in [1.165, 1.54) is 19.3 Å². The zero-order valence-corrected chi connectivity index (χ0v) is 17.5. The van der Waals surface area contributed by atoms with Gasteiger partial charge in [0.2, 0.25) is 5.91 Å². The van der Waals surface area contributed by atoms with Crippen molar-refractivity contribution < 1.29 is 14.3 Å². The number of amides is 1. The molecular weight excluding hydrogens is 374 g/mol. The smallest absolute Gasteiger partial charge is 0.226 e. The van der Waals surface area contributed by atoms with Gasteiger partial charge in [0.15, 0.2) is 16.6 Å². The molecule has 0 unspecified atom stereocenters. The third-order valence-electron chi connectivity index (χ3n) is 5.19. The molecule has 2 aliphatic rings. The number of carbonyl (C=O) groups excluding carboxylic acids is 1. The molecule has 0 spiro atoms. The van der Waals surface area contributed by atoms with Crippen LogP contribution in [0.3, 0.4) is 0 Å². The van der Waals surface area contributed by atoms with Crippen molar-refractivity contribution in [2.75, 3.05) is 30.4 Å². The first-order valence-electron chi connectivity index (χ1n) is 9.95. The first-order chi connectivity index (χ1) is 13.5. The van der Waals surface area contributed by atoms with Gasteiger partial charge in [-0.1, -0.05) is 17.4 Å². The molecule has 0 bridgehead atoms. The van der Waals surface area contributed by atoms with Crippen LogP contribution in [-0.4, -0.2) is 37.2 Å². The number of nitrogens with zero attached hydrogens (tertiary/aromatic N) is 2. The molecule has 7 heteroatoms. The van der Waals surface area contributed by atoms with Crippen LogP contribution in [0.2, 0.25) is 0 Å². The summed E-state index contributed by atoms with van der Waals surface area (Å²) < 4.78 is 11.4. The lowest BCUT2D eigenvalue weighted by atomic mass is 9.91. The molecule has 150 valence electrons. The van der Waals surface area contributed by atoms with E-state index in [2.05, 4.69) is 10.2 Å². The molecule has 1 amide bonds. The summed E-state index contributed by atoms with van der Waals surface area (Å²) in [7, 11) is 1.64. The van der Waals surface area contributed by atoms with E-state index in [0.29, 0.717) is 23.7 Å². The molecule has 2 aliphatic heterocycles. The number of anilines is 2. The Balaban J connectivity index is 1.69. The Morgan fingerprint density at radius 1 is 1.21 bits per heavy atom. The van der Waals surface area contributed by atoms with E-state index in [0.717, 1.165) is 28.7 Å². The van der Waals surface area contributed by atoms with Gasteiger partial charge in [-0.05, 0) is 50.8 Å². The molecule has 1 atom stereocenters. The van der Waals surface area contributed by atoms with Crippen molar-refractivity contribution in [2.45, 2.75) is 51.6 Å². The summed E-state index contributed by atoms with van der Waals surface area (Å²) in [4.78, 5) is 20.6. The Labute approximate surface area is 169 Å². The van der Waals surface area contributed by atoms with Crippen molar-refractivity contribution >= 4 is 28.2 Å². The molecule has 1 N–H and O–H groups in total. The van der Waals surface area contributed by atoms with Gasteiger partial charge in [-0.3, -0.25) is 4.79 Å². The second kappa shape index (κ2) is 7.99. The van der Waals surface area contributed by atoms with Crippen molar-refractivity contribution in [3.8, 4) is 11.5 Å². The summed E-state index contributed by atoms with van der Waals surface area (Å²) in [6, 6.07) is 5.96. The minimum absolute atomic E-state index is 0.00939. The van der Waals surface area contributed by atoms with Crippen molar-refractivity contribution in [3.63, 3.8) is 0 Å². The highest BCUT2D eigenvalue weighted by Crippen LogP contribution is 2.45. The van der Waals surface area contributed by atoms with Crippen LogP contribution in [0.25, 0.3) is 0 Å². The first kappa shape index (κ1) is 19.1. The Kier molecular flexibility index (Phi) is 5.44. The number of nitrogens with one attached hydrogen (secondary N) is 1. The van der Waals surface area contributed by atoms with Crippen LogP contribution in [0, 0.1) is 0 Å². The summed E-state index contributed by atoms with van der Waals surface area (Å²) in [5.74, 6) is 2.13. The number of piperidine rings is 1. The minimum Gasteiger partial charge on any atom is -0.493 e. The molecule has 1 aromatic heterocycles. The fraction of sp³-hybridized carbons (Fsp3) is 0.524. The van der Waals surface area contributed by atoms with Crippen LogP contribution in [0.4, 0.5) is 10.9 Å². The van der Waals surface area contributed by atoms with Gasteiger partial charge in [0.1, 0.15) is 5.82 Å². The summed E-state index contributed by atoms with van der Waals surface area (Å²) in [5, 5.41) is 3.98. The first-order valence-corrected chi connectivity index (χ1v) is 10.8. The van der Waals surface area contributed by atoms with Crippen molar-refractivity contribution in [1.82, 2.24) is 4.98 Å². The average molecular weight is 402 g/mol. The molecule has 3 heterocycles. The SMILES string of the molecule is COc1ccc([C@H]2CC(=O)Nc3nc(N4CCCCC4)sc32)cc1OC(C)C. The Hall–Kier alpha value is -2.28. The molecule has 1 saturated heterocycles. The Bertz CT molecular complexity index is 859. The number of thiazole rings is 1. The van der Waals surface area contributed by atoms with E-state index < -0.39 is 0 Å². The van der Waals surface area contributed by atoms with Gasteiger partial charge in [0, 0.05) is 25.4 Å². The van der Waals surface area contributed by atoms with E-state index in [9.17, 15) is 4.79 Å². The average Bonchev–Trinajstić information content (AvgIpc) is 3.11. The van der Waals surface area contributed by atoms with Gasteiger partial charge in [0.25, 0.3) is 0 Å².